The molecule has 0 fully saturated rings. The fourth-order valence-corrected chi connectivity index (χ4v) is 3.04. The Bertz CT molecular complexity index is 763. The third-order valence-electron chi connectivity index (χ3n) is 4.17. The maximum Gasteiger partial charge on any atom is 0.244 e. The number of rotatable bonds is 3. The lowest BCUT2D eigenvalue weighted by molar-refractivity contribution is -0.117. The molecule has 1 N–H and O–H groups in total. The molecule has 1 heterocycles. The zero-order chi connectivity index (χ0) is 17.2. The first-order valence-electron chi connectivity index (χ1n) is 8.26. The molecule has 1 aliphatic rings. The van der Waals surface area contributed by atoms with E-state index in [0.29, 0.717) is 0 Å². The van der Waals surface area contributed by atoms with Crippen LogP contribution in [0.25, 0.3) is 6.08 Å². The van der Waals surface area contributed by atoms with Crippen molar-refractivity contribution < 1.29 is 9.53 Å². The van der Waals surface area contributed by atoms with Gasteiger partial charge >= 0.3 is 0 Å². The van der Waals surface area contributed by atoms with Crippen LogP contribution in [0, 0.1) is 6.92 Å². The van der Waals surface area contributed by atoms with Gasteiger partial charge in [0.2, 0.25) is 5.91 Å². The van der Waals surface area contributed by atoms with Gasteiger partial charge in [0, 0.05) is 18.1 Å². The molecular weight excluding hydrogens is 298 g/mol. The molecule has 0 aromatic heterocycles. The minimum atomic E-state index is -0.304. The summed E-state index contributed by atoms with van der Waals surface area (Å²) >= 11 is 0. The summed E-state index contributed by atoms with van der Waals surface area (Å²) in [5.74, 6) is 0.775. The first-order valence-corrected chi connectivity index (χ1v) is 8.26. The Kier molecular flexibility index (Phi) is 4.43. The Morgan fingerprint density at radius 3 is 2.71 bits per heavy atom. The number of fused-ring (bicyclic) bond motifs is 1. The number of hydrogen-bond acceptors (Lipinski definition) is 2. The first-order chi connectivity index (χ1) is 11.4. The Balaban J connectivity index is 1.77. The molecule has 1 amide bonds. The van der Waals surface area contributed by atoms with E-state index in [2.05, 4.69) is 25.2 Å². The number of carbonyl (C=O) groups is 1. The summed E-state index contributed by atoms with van der Waals surface area (Å²) < 4.78 is 6.07. The van der Waals surface area contributed by atoms with Gasteiger partial charge in [0.15, 0.2) is 0 Å². The Morgan fingerprint density at radius 2 is 1.96 bits per heavy atom. The highest BCUT2D eigenvalue weighted by molar-refractivity contribution is 5.92. The standard InChI is InChI=1S/C21H23NO2/c1-15-9-11-17-18(14-21(2,3)24-19(17)13-15)22-20(23)12-10-16-7-5-4-6-8-16/h4-13,18H,14H2,1-3H3,(H,22,23)/b12-10+. The van der Waals surface area contributed by atoms with Gasteiger partial charge in [0.05, 0.1) is 6.04 Å². The highest BCUT2D eigenvalue weighted by atomic mass is 16.5. The first kappa shape index (κ1) is 16.3. The summed E-state index contributed by atoms with van der Waals surface area (Å²) in [5.41, 5.74) is 2.90. The zero-order valence-corrected chi connectivity index (χ0v) is 14.4. The van der Waals surface area contributed by atoms with E-state index in [-0.39, 0.29) is 17.6 Å². The normalized spacial score (nSPS) is 18.7. The largest absolute Gasteiger partial charge is 0.487 e. The smallest absolute Gasteiger partial charge is 0.244 e. The van der Waals surface area contributed by atoms with Crippen molar-refractivity contribution in [3.63, 3.8) is 0 Å². The molecule has 0 saturated heterocycles. The zero-order valence-electron chi connectivity index (χ0n) is 14.4. The average molecular weight is 321 g/mol. The van der Waals surface area contributed by atoms with Crippen LogP contribution >= 0.6 is 0 Å². The van der Waals surface area contributed by atoms with Gasteiger partial charge in [-0.05, 0) is 44.0 Å². The van der Waals surface area contributed by atoms with E-state index < -0.39 is 0 Å². The van der Waals surface area contributed by atoms with Crippen LogP contribution in [0.2, 0.25) is 0 Å². The lowest BCUT2D eigenvalue weighted by Crippen LogP contribution is -2.40. The lowest BCUT2D eigenvalue weighted by Gasteiger charge is -2.38. The Morgan fingerprint density at radius 1 is 1.21 bits per heavy atom. The summed E-state index contributed by atoms with van der Waals surface area (Å²) in [5, 5.41) is 3.11. The predicted octanol–water partition coefficient (Wildman–Crippen LogP) is 4.43. The number of nitrogens with one attached hydrogen (secondary N) is 1. The average Bonchev–Trinajstić information content (AvgIpc) is 2.52. The summed E-state index contributed by atoms with van der Waals surface area (Å²) in [6.45, 7) is 6.15. The van der Waals surface area contributed by atoms with Gasteiger partial charge < -0.3 is 10.1 Å². The van der Waals surface area contributed by atoms with E-state index in [0.717, 1.165) is 28.9 Å². The van der Waals surface area contributed by atoms with Crippen molar-refractivity contribution in [1.29, 1.82) is 0 Å². The van der Waals surface area contributed by atoms with Gasteiger partial charge in [0.25, 0.3) is 0 Å². The molecule has 0 radical (unpaired) electrons. The van der Waals surface area contributed by atoms with Gasteiger partial charge in [-0.3, -0.25) is 4.79 Å². The molecule has 0 saturated carbocycles. The van der Waals surface area contributed by atoms with Crippen molar-refractivity contribution in [1.82, 2.24) is 5.32 Å². The van der Waals surface area contributed by atoms with Gasteiger partial charge in [-0.1, -0.05) is 42.5 Å². The number of ether oxygens (including phenoxy) is 1. The highest BCUT2D eigenvalue weighted by Gasteiger charge is 2.34. The lowest BCUT2D eigenvalue weighted by atomic mass is 9.89. The number of benzene rings is 2. The summed E-state index contributed by atoms with van der Waals surface area (Å²) in [7, 11) is 0. The van der Waals surface area contributed by atoms with E-state index in [1.165, 1.54) is 0 Å². The van der Waals surface area contributed by atoms with E-state index in [1.54, 1.807) is 6.08 Å². The van der Waals surface area contributed by atoms with Crippen LogP contribution in [0.4, 0.5) is 0 Å². The fourth-order valence-electron chi connectivity index (χ4n) is 3.04. The van der Waals surface area contributed by atoms with Gasteiger partial charge in [-0.15, -0.1) is 0 Å². The second kappa shape index (κ2) is 6.52. The molecule has 2 aromatic carbocycles. The molecule has 2 aromatic rings. The third-order valence-corrected chi connectivity index (χ3v) is 4.17. The maximum atomic E-state index is 12.3. The van der Waals surface area contributed by atoms with Crippen molar-refractivity contribution in [3.05, 3.63) is 71.3 Å². The number of aryl methyl sites for hydroxylation is 1. The molecule has 24 heavy (non-hydrogen) atoms. The van der Waals surface area contributed by atoms with E-state index in [4.69, 9.17) is 4.74 Å². The van der Waals surface area contributed by atoms with Crippen LogP contribution < -0.4 is 10.1 Å². The third kappa shape index (κ3) is 3.85. The van der Waals surface area contributed by atoms with Crippen LogP contribution in [0.15, 0.2) is 54.6 Å². The molecule has 0 aliphatic carbocycles. The van der Waals surface area contributed by atoms with Crippen LogP contribution in [-0.4, -0.2) is 11.5 Å². The van der Waals surface area contributed by atoms with Crippen molar-refractivity contribution in [2.24, 2.45) is 0 Å². The summed E-state index contributed by atoms with van der Waals surface area (Å²) in [6, 6.07) is 15.9. The Labute approximate surface area is 143 Å². The highest BCUT2D eigenvalue weighted by Crippen LogP contribution is 2.39. The van der Waals surface area contributed by atoms with Crippen LogP contribution in [-0.2, 0) is 4.79 Å². The quantitative estimate of drug-likeness (QED) is 0.850. The Hall–Kier alpha value is -2.55. The molecule has 0 spiro atoms. The monoisotopic (exact) mass is 321 g/mol. The van der Waals surface area contributed by atoms with Crippen molar-refractivity contribution in [2.75, 3.05) is 0 Å². The second-order valence-electron chi connectivity index (χ2n) is 6.91. The van der Waals surface area contributed by atoms with Gasteiger partial charge in [0.1, 0.15) is 11.4 Å². The molecule has 3 heteroatoms. The SMILES string of the molecule is Cc1ccc2c(c1)OC(C)(C)CC2NC(=O)/C=C/c1ccccc1. The predicted molar refractivity (Wildman–Crippen MR) is 96.9 cm³/mol. The molecule has 1 aliphatic heterocycles. The van der Waals surface area contributed by atoms with Gasteiger partial charge in [-0.2, -0.15) is 0 Å². The number of amides is 1. The molecule has 1 unspecified atom stereocenters. The van der Waals surface area contributed by atoms with Crippen LogP contribution in [0.1, 0.15) is 43.0 Å². The molecule has 3 rings (SSSR count). The topological polar surface area (TPSA) is 38.3 Å². The van der Waals surface area contributed by atoms with Crippen LogP contribution in [0.3, 0.4) is 0 Å². The van der Waals surface area contributed by atoms with E-state index in [1.807, 2.05) is 55.5 Å². The maximum absolute atomic E-state index is 12.3. The van der Waals surface area contributed by atoms with E-state index in [9.17, 15) is 4.79 Å². The van der Waals surface area contributed by atoms with Gasteiger partial charge in [-0.25, -0.2) is 0 Å². The van der Waals surface area contributed by atoms with Crippen LogP contribution in [0.5, 0.6) is 5.75 Å². The number of hydrogen-bond donors (Lipinski definition) is 1. The van der Waals surface area contributed by atoms with Crippen molar-refractivity contribution in [3.8, 4) is 5.75 Å². The van der Waals surface area contributed by atoms with Crippen molar-refractivity contribution in [2.45, 2.75) is 38.8 Å². The van der Waals surface area contributed by atoms with Crippen molar-refractivity contribution >= 4 is 12.0 Å². The summed E-state index contributed by atoms with van der Waals surface area (Å²) in [4.78, 5) is 12.3. The molecule has 0 bridgehead atoms. The molecular formula is C21H23NO2. The summed E-state index contributed by atoms with van der Waals surface area (Å²) in [6.07, 6.45) is 4.16. The molecule has 124 valence electrons. The second-order valence-corrected chi connectivity index (χ2v) is 6.91. The minimum absolute atomic E-state index is 0.0442. The minimum Gasteiger partial charge on any atom is -0.487 e. The van der Waals surface area contributed by atoms with E-state index >= 15 is 0 Å². The number of carbonyl (C=O) groups excluding carboxylic acids is 1. The molecule has 3 nitrogen and oxygen atoms in total. The fraction of sp³-hybridized carbons (Fsp3) is 0.286. The molecule has 1 atom stereocenters.